The van der Waals surface area contributed by atoms with Crippen molar-refractivity contribution in [3.8, 4) is 11.5 Å². The first-order valence-electron chi connectivity index (χ1n) is 7.90. The van der Waals surface area contributed by atoms with E-state index >= 15 is 0 Å². The lowest BCUT2D eigenvalue weighted by Gasteiger charge is -2.31. The summed E-state index contributed by atoms with van der Waals surface area (Å²) in [5.41, 5.74) is 9.20. The minimum absolute atomic E-state index is 0.133. The topological polar surface area (TPSA) is 72.2 Å². The van der Waals surface area contributed by atoms with Gasteiger partial charge in [-0.3, -0.25) is 9.59 Å². The number of carbonyl (C=O) groups excluding carboxylic acids is 2. The highest BCUT2D eigenvalue weighted by molar-refractivity contribution is 9.11. The largest absolute Gasteiger partial charge is 0.368 e. The molecular formula is C18H24Br2N2O2Si. The lowest BCUT2D eigenvalue weighted by atomic mass is 10.1. The summed E-state index contributed by atoms with van der Waals surface area (Å²) in [6.45, 7) is 10.9. The van der Waals surface area contributed by atoms with E-state index in [0.717, 1.165) is 8.95 Å². The molecule has 0 radical (unpaired) electrons. The van der Waals surface area contributed by atoms with Crippen molar-refractivity contribution in [2.24, 2.45) is 5.73 Å². The predicted molar refractivity (Wildman–Crippen MR) is 112 cm³/mol. The van der Waals surface area contributed by atoms with Gasteiger partial charge in [-0.25, -0.2) is 0 Å². The van der Waals surface area contributed by atoms with Gasteiger partial charge in [0, 0.05) is 20.9 Å². The Balaban J connectivity index is 2.89. The molecular weight excluding hydrogens is 464 g/mol. The van der Waals surface area contributed by atoms with E-state index in [4.69, 9.17) is 5.73 Å². The van der Waals surface area contributed by atoms with Crippen molar-refractivity contribution >= 4 is 51.7 Å². The zero-order valence-electron chi connectivity index (χ0n) is 15.2. The minimum Gasteiger partial charge on any atom is -0.368 e. The van der Waals surface area contributed by atoms with Gasteiger partial charge in [0.15, 0.2) is 0 Å². The lowest BCUT2D eigenvalue weighted by molar-refractivity contribution is -0.119. The van der Waals surface area contributed by atoms with Gasteiger partial charge in [-0.1, -0.05) is 65.7 Å². The molecule has 136 valence electrons. The van der Waals surface area contributed by atoms with Crippen LogP contribution in [0.2, 0.25) is 18.1 Å². The molecule has 4 nitrogen and oxygen atoms in total. The van der Waals surface area contributed by atoms with E-state index in [1.165, 1.54) is 0 Å². The van der Waals surface area contributed by atoms with Crippen molar-refractivity contribution in [3.63, 3.8) is 0 Å². The minimum atomic E-state index is -1.76. The fourth-order valence-corrected chi connectivity index (χ4v) is 3.92. The molecule has 1 aromatic carbocycles. The Hall–Kier alpha value is -1.10. The molecule has 7 heteroatoms. The number of halogens is 2. The first kappa shape index (κ1) is 21.9. The molecule has 0 heterocycles. The van der Waals surface area contributed by atoms with Crippen molar-refractivity contribution < 1.29 is 9.59 Å². The number of carbonyl (C=O) groups is 2. The quantitative estimate of drug-likeness (QED) is 0.492. The number of rotatable bonds is 4. The Morgan fingerprint density at radius 1 is 1.20 bits per heavy atom. The van der Waals surface area contributed by atoms with Gasteiger partial charge in [-0.05, 0) is 23.2 Å². The van der Waals surface area contributed by atoms with E-state index in [9.17, 15) is 9.59 Å². The zero-order chi connectivity index (χ0) is 19.4. The summed E-state index contributed by atoms with van der Waals surface area (Å²) in [6, 6.07) is 4.37. The Morgan fingerprint density at radius 3 is 2.16 bits per heavy atom. The van der Waals surface area contributed by atoms with Gasteiger partial charge in [-0.2, -0.15) is 0 Å². The summed E-state index contributed by atoms with van der Waals surface area (Å²) in [7, 11) is -1.76. The van der Waals surface area contributed by atoms with Gasteiger partial charge in [0.05, 0.1) is 0 Å². The van der Waals surface area contributed by atoms with Crippen molar-refractivity contribution in [2.75, 3.05) is 0 Å². The molecule has 0 aliphatic carbocycles. The average Bonchev–Trinajstić information content (AvgIpc) is 2.43. The van der Waals surface area contributed by atoms with Crippen molar-refractivity contribution in [1.29, 1.82) is 0 Å². The van der Waals surface area contributed by atoms with E-state index in [0.29, 0.717) is 5.56 Å². The van der Waals surface area contributed by atoms with Crippen LogP contribution in [0.4, 0.5) is 0 Å². The summed E-state index contributed by atoms with van der Waals surface area (Å²) in [4.78, 5) is 24.1. The van der Waals surface area contributed by atoms with Crippen LogP contribution in [0, 0.1) is 11.5 Å². The number of benzene rings is 1. The number of hydrogen-bond acceptors (Lipinski definition) is 2. The molecule has 0 spiro atoms. The summed E-state index contributed by atoms with van der Waals surface area (Å²) in [5.74, 6) is 2.12. The maximum absolute atomic E-state index is 12.4. The standard InChI is InChI=1S/C18H24Br2N2O2Si/c1-18(2,3)25(4,5)8-6-7-15(16(21)23)22-17(24)12-9-13(19)11-14(20)10-12/h9-11,15H,7H2,1-5H3,(H2,21,23)(H,22,24)/t15-/m0/s1. The Kier molecular flexibility index (Phi) is 7.48. The third-order valence-corrected chi connectivity index (χ3v) is 9.82. The summed E-state index contributed by atoms with van der Waals surface area (Å²) in [5, 5.41) is 2.80. The molecule has 0 saturated heterocycles. The molecule has 25 heavy (non-hydrogen) atoms. The molecule has 0 unspecified atom stereocenters. The Bertz CT molecular complexity index is 711. The van der Waals surface area contributed by atoms with Gasteiger partial charge >= 0.3 is 0 Å². The SMILES string of the molecule is CC(C)(C)[Si](C)(C)C#CC[C@H](NC(=O)c1cc(Br)cc(Br)c1)C(N)=O. The van der Waals surface area contributed by atoms with Crippen LogP contribution in [-0.2, 0) is 4.79 Å². The monoisotopic (exact) mass is 486 g/mol. The van der Waals surface area contributed by atoms with Crippen molar-refractivity contribution in [2.45, 2.75) is 51.4 Å². The van der Waals surface area contributed by atoms with E-state index in [2.05, 4.69) is 82.5 Å². The smallest absolute Gasteiger partial charge is 0.252 e. The lowest BCUT2D eigenvalue weighted by Crippen LogP contribution is -2.44. The normalized spacial score (nSPS) is 12.8. The van der Waals surface area contributed by atoms with Crippen LogP contribution in [0.3, 0.4) is 0 Å². The van der Waals surface area contributed by atoms with Crippen LogP contribution in [0.1, 0.15) is 37.6 Å². The molecule has 0 fully saturated rings. The summed E-state index contributed by atoms with van der Waals surface area (Å²) >= 11 is 6.68. The van der Waals surface area contributed by atoms with Crippen LogP contribution in [0.15, 0.2) is 27.1 Å². The second-order valence-electron chi connectivity index (χ2n) is 7.47. The van der Waals surface area contributed by atoms with Gasteiger partial charge in [0.2, 0.25) is 5.91 Å². The zero-order valence-corrected chi connectivity index (χ0v) is 19.3. The van der Waals surface area contributed by atoms with Crippen molar-refractivity contribution in [3.05, 3.63) is 32.7 Å². The number of nitrogens with two attached hydrogens (primary N) is 1. The van der Waals surface area contributed by atoms with Crippen LogP contribution in [0.25, 0.3) is 0 Å². The van der Waals surface area contributed by atoms with Crippen molar-refractivity contribution in [1.82, 2.24) is 5.32 Å². The molecule has 0 bridgehead atoms. The highest BCUT2D eigenvalue weighted by atomic mass is 79.9. The van der Waals surface area contributed by atoms with E-state index in [1.807, 2.05) is 6.07 Å². The van der Waals surface area contributed by atoms with Crippen LogP contribution >= 0.6 is 31.9 Å². The maximum Gasteiger partial charge on any atom is 0.252 e. The Morgan fingerprint density at radius 2 is 1.72 bits per heavy atom. The average molecular weight is 488 g/mol. The van der Waals surface area contributed by atoms with E-state index in [1.54, 1.807) is 12.1 Å². The third kappa shape index (κ3) is 6.61. The molecule has 2 amide bonds. The van der Waals surface area contributed by atoms with Crippen LogP contribution in [-0.4, -0.2) is 25.9 Å². The number of primary amides is 1. The Labute approximate surface area is 167 Å². The van der Waals surface area contributed by atoms with E-state index < -0.39 is 20.0 Å². The van der Waals surface area contributed by atoms with Gasteiger partial charge < -0.3 is 11.1 Å². The molecule has 0 aliphatic heterocycles. The second-order valence-corrected chi connectivity index (χ2v) is 14.3. The number of hydrogen-bond donors (Lipinski definition) is 2. The summed E-state index contributed by atoms with van der Waals surface area (Å²) < 4.78 is 1.53. The molecule has 1 atom stereocenters. The highest BCUT2D eigenvalue weighted by Crippen LogP contribution is 2.35. The molecule has 0 aromatic heterocycles. The fourth-order valence-electron chi connectivity index (χ4n) is 1.71. The molecule has 1 rings (SSSR count). The molecule has 0 saturated carbocycles. The van der Waals surface area contributed by atoms with Gasteiger partial charge in [0.1, 0.15) is 14.1 Å². The number of amides is 2. The van der Waals surface area contributed by atoms with Crippen LogP contribution in [0.5, 0.6) is 0 Å². The maximum atomic E-state index is 12.4. The molecule has 0 aliphatic rings. The molecule has 3 N–H and O–H groups in total. The first-order valence-corrected chi connectivity index (χ1v) is 12.5. The number of nitrogens with one attached hydrogen (secondary N) is 1. The van der Waals surface area contributed by atoms with Crippen LogP contribution < -0.4 is 11.1 Å². The summed E-state index contributed by atoms with van der Waals surface area (Å²) in [6.07, 6.45) is 0.211. The molecule has 1 aromatic rings. The van der Waals surface area contributed by atoms with E-state index in [-0.39, 0.29) is 17.4 Å². The highest BCUT2D eigenvalue weighted by Gasteiger charge is 2.33. The van der Waals surface area contributed by atoms with Gasteiger partial charge in [0.25, 0.3) is 5.91 Å². The fraction of sp³-hybridized carbons (Fsp3) is 0.444. The predicted octanol–water partition coefficient (Wildman–Crippen LogP) is 4.24. The second kappa shape index (κ2) is 8.52. The first-order chi connectivity index (χ1) is 11.3. The van der Waals surface area contributed by atoms with Gasteiger partial charge in [-0.15, -0.1) is 11.5 Å². The third-order valence-electron chi connectivity index (χ3n) is 4.36.